The molecule has 1 aliphatic rings. The number of imide groups is 1. The van der Waals surface area contributed by atoms with Crippen LogP contribution in [0.15, 0.2) is 60.1 Å². The summed E-state index contributed by atoms with van der Waals surface area (Å²) in [5.41, 5.74) is 1.72. The molecule has 0 N–H and O–H groups in total. The number of urea groups is 1. The lowest BCUT2D eigenvalue weighted by atomic mass is 10.1. The lowest BCUT2D eigenvalue weighted by molar-refractivity contribution is -0.120. The van der Waals surface area contributed by atoms with E-state index in [-0.39, 0.29) is 25.3 Å². The smallest absolute Gasteiger partial charge is 0.351 e. The van der Waals surface area contributed by atoms with Crippen molar-refractivity contribution >= 4 is 40.9 Å². The highest BCUT2D eigenvalue weighted by molar-refractivity contribution is 6.46. The summed E-state index contributed by atoms with van der Waals surface area (Å²) < 4.78 is 5.88. The van der Waals surface area contributed by atoms with Crippen LogP contribution in [0, 0.1) is 0 Å². The van der Waals surface area contributed by atoms with Crippen molar-refractivity contribution in [1.29, 1.82) is 0 Å². The SMILES string of the molecule is C=CCN1C(=O)N=C(Cc2ccccc2OCc2ccc(Cl)cc2Cl)C1=O. The molecule has 0 spiro atoms. The highest BCUT2D eigenvalue weighted by Crippen LogP contribution is 2.25. The zero-order chi connectivity index (χ0) is 19.4. The second-order valence-electron chi connectivity index (χ2n) is 5.85. The van der Waals surface area contributed by atoms with E-state index in [2.05, 4.69) is 11.6 Å². The third-order valence-corrected chi connectivity index (χ3v) is 4.58. The molecule has 5 nitrogen and oxygen atoms in total. The number of ether oxygens (including phenoxy) is 1. The normalized spacial score (nSPS) is 13.7. The molecule has 1 aliphatic heterocycles. The van der Waals surface area contributed by atoms with Crippen molar-refractivity contribution in [2.75, 3.05) is 6.54 Å². The fourth-order valence-corrected chi connectivity index (χ4v) is 3.10. The van der Waals surface area contributed by atoms with Gasteiger partial charge in [-0.3, -0.25) is 9.69 Å². The van der Waals surface area contributed by atoms with Crippen molar-refractivity contribution in [3.8, 4) is 5.75 Å². The van der Waals surface area contributed by atoms with Crippen LogP contribution >= 0.6 is 23.2 Å². The molecule has 3 rings (SSSR count). The number of rotatable bonds is 7. The van der Waals surface area contributed by atoms with E-state index < -0.39 is 11.9 Å². The Morgan fingerprint density at radius 2 is 1.89 bits per heavy atom. The Kier molecular flexibility index (Phi) is 5.94. The lowest BCUT2D eigenvalue weighted by Crippen LogP contribution is -2.33. The quantitative estimate of drug-likeness (QED) is 0.630. The average molecular weight is 403 g/mol. The van der Waals surface area contributed by atoms with Gasteiger partial charge in [-0.05, 0) is 18.2 Å². The highest BCUT2D eigenvalue weighted by atomic mass is 35.5. The first-order chi connectivity index (χ1) is 13.0. The van der Waals surface area contributed by atoms with E-state index in [4.69, 9.17) is 27.9 Å². The van der Waals surface area contributed by atoms with Gasteiger partial charge in [0.25, 0.3) is 5.91 Å². The molecule has 27 heavy (non-hydrogen) atoms. The Labute approximate surface area is 166 Å². The van der Waals surface area contributed by atoms with Crippen molar-refractivity contribution in [2.45, 2.75) is 13.0 Å². The van der Waals surface area contributed by atoms with Gasteiger partial charge in [0.05, 0.1) is 0 Å². The van der Waals surface area contributed by atoms with E-state index in [1.807, 2.05) is 18.2 Å². The number of nitrogens with zero attached hydrogens (tertiary/aromatic N) is 2. The Hall–Kier alpha value is -2.63. The summed E-state index contributed by atoms with van der Waals surface area (Å²) in [6.45, 7) is 3.93. The van der Waals surface area contributed by atoms with Crippen LogP contribution in [0.3, 0.4) is 0 Å². The molecule has 0 saturated carbocycles. The third-order valence-electron chi connectivity index (χ3n) is 3.99. The molecule has 0 unspecified atom stereocenters. The second-order valence-corrected chi connectivity index (χ2v) is 6.70. The molecule has 0 saturated heterocycles. The van der Waals surface area contributed by atoms with Crippen LogP contribution in [0.25, 0.3) is 0 Å². The molecule has 0 fully saturated rings. The zero-order valence-corrected chi connectivity index (χ0v) is 15.8. The summed E-state index contributed by atoms with van der Waals surface area (Å²) in [5, 5.41) is 1.07. The Morgan fingerprint density at radius 3 is 2.63 bits per heavy atom. The van der Waals surface area contributed by atoms with Crippen molar-refractivity contribution in [1.82, 2.24) is 4.90 Å². The minimum atomic E-state index is -0.568. The first-order valence-corrected chi connectivity index (χ1v) is 8.94. The van der Waals surface area contributed by atoms with Gasteiger partial charge in [-0.15, -0.1) is 6.58 Å². The molecule has 2 aromatic rings. The second kappa shape index (κ2) is 8.37. The number of carbonyl (C=O) groups excluding carboxylic acids is 2. The fourth-order valence-electron chi connectivity index (χ4n) is 2.64. The summed E-state index contributed by atoms with van der Waals surface area (Å²) in [5.74, 6) is 0.184. The molecule has 0 aliphatic carbocycles. The molecule has 1 heterocycles. The highest BCUT2D eigenvalue weighted by Gasteiger charge is 2.32. The Morgan fingerprint density at radius 1 is 1.11 bits per heavy atom. The van der Waals surface area contributed by atoms with Crippen LogP contribution in [0.2, 0.25) is 10.0 Å². The van der Waals surface area contributed by atoms with Gasteiger partial charge in [-0.25, -0.2) is 4.79 Å². The van der Waals surface area contributed by atoms with E-state index in [9.17, 15) is 9.59 Å². The van der Waals surface area contributed by atoms with E-state index >= 15 is 0 Å². The van der Waals surface area contributed by atoms with Gasteiger partial charge in [0.2, 0.25) is 0 Å². The maximum absolute atomic E-state index is 12.3. The number of para-hydroxylation sites is 1. The maximum atomic E-state index is 12.3. The minimum Gasteiger partial charge on any atom is -0.489 e. The van der Waals surface area contributed by atoms with Gasteiger partial charge in [-0.2, -0.15) is 4.99 Å². The minimum absolute atomic E-state index is 0.137. The monoisotopic (exact) mass is 402 g/mol. The first kappa shape index (κ1) is 19.1. The predicted molar refractivity (Wildman–Crippen MR) is 106 cm³/mol. The molecule has 0 radical (unpaired) electrons. The van der Waals surface area contributed by atoms with Gasteiger partial charge in [-0.1, -0.05) is 53.5 Å². The van der Waals surface area contributed by atoms with Crippen LogP contribution in [0.4, 0.5) is 4.79 Å². The predicted octanol–water partition coefficient (Wildman–Crippen LogP) is 4.70. The number of benzene rings is 2. The third kappa shape index (κ3) is 4.38. The van der Waals surface area contributed by atoms with Crippen LogP contribution in [0.1, 0.15) is 11.1 Å². The van der Waals surface area contributed by atoms with Crippen molar-refractivity contribution in [3.05, 3.63) is 76.3 Å². The standard InChI is InChI=1S/C20H16Cl2N2O3/c1-2-9-24-19(25)17(23-20(24)26)10-13-5-3-4-6-18(13)27-12-14-7-8-15(21)11-16(14)22/h2-8,11H,1,9-10,12H2. The molecular weight excluding hydrogens is 387 g/mol. The molecule has 2 aromatic carbocycles. The number of aliphatic imine (C=N–C) groups is 1. The van der Waals surface area contributed by atoms with Gasteiger partial charge in [0.1, 0.15) is 18.1 Å². The van der Waals surface area contributed by atoms with Gasteiger partial charge < -0.3 is 4.74 Å². The van der Waals surface area contributed by atoms with Crippen molar-refractivity contribution in [2.24, 2.45) is 4.99 Å². The molecule has 0 atom stereocenters. The molecule has 3 amide bonds. The first-order valence-electron chi connectivity index (χ1n) is 8.18. The van der Waals surface area contributed by atoms with E-state index in [1.54, 1.807) is 24.3 Å². The number of halogens is 2. The lowest BCUT2D eigenvalue weighted by Gasteiger charge is -2.13. The Bertz CT molecular complexity index is 941. The number of hydrogen-bond donors (Lipinski definition) is 0. The van der Waals surface area contributed by atoms with E-state index in [0.717, 1.165) is 16.0 Å². The fraction of sp³-hybridized carbons (Fsp3) is 0.150. The maximum Gasteiger partial charge on any atom is 0.351 e. The molecular formula is C20H16Cl2N2O3. The van der Waals surface area contributed by atoms with Crippen LogP contribution in [-0.4, -0.2) is 29.1 Å². The zero-order valence-electron chi connectivity index (χ0n) is 14.3. The largest absolute Gasteiger partial charge is 0.489 e. The topological polar surface area (TPSA) is 59.0 Å². The number of carbonyl (C=O) groups is 2. The molecule has 0 aromatic heterocycles. The summed E-state index contributed by atoms with van der Waals surface area (Å²) in [6, 6.07) is 11.9. The van der Waals surface area contributed by atoms with Gasteiger partial charge >= 0.3 is 6.03 Å². The summed E-state index contributed by atoms with van der Waals surface area (Å²) in [4.78, 5) is 29.1. The van der Waals surface area contributed by atoms with Gasteiger partial charge in [0.15, 0.2) is 0 Å². The van der Waals surface area contributed by atoms with Crippen molar-refractivity contribution < 1.29 is 14.3 Å². The van der Waals surface area contributed by atoms with Gasteiger partial charge in [0, 0.05) is 34.1 Å². The van der Waals surface area contributed by atoms with E-state index in [1.165, 1.54) is 6.08 Å². The summed E-state index contributed by atoms with van der Waals surface area (Å²) >= 11 is 12.1. The van der Waals surface area contributed by atoms with E-state index in [0.29, 0.717) is 15.8 Å². The summed E-state index contributed by atoms with van der Waals surface area (Å²) in [7, 11) is 0. The van der Waals surface area contributed by atoms with Crippen LogP contribution in [-0.2, 0) is 17.8 Å². The average Bonchev–Trinajstić information content (AvgIpc) is 2.90. The molecule has 0 bridgehead atoms. The Balaban J connectivity index is 1.75. The molecule has 7 heteroatoms. The number of amides is 3. The molecule has 138 valence electrons. The van der Waals surface area contributed by atoms with Crippen molar-refractivity contribution in [3.63, 3.8) is 0 Å². The summed E-state index contributed by atoms with van der Waals surface area (Å²) in [6.07, 6.45) is 1.68. The van der Waals surface area contributed by atoms with Crippen LogP contribution < -0.4 is 4.74 Å². The van der Waals surface area contributed by atoms with Crippen LogP contribution in [0.5, 0.6) is 5.75 Å². The number of hydrogen-bond acceptors (Lipinski definition) is 3.